The lowest BCUT2D eigenvalue weighted by Gasteiger charge is -2.03. The van der Waals surface area contributed by atoms with Gasteiger partial charge in [0.2, 0.25) is 0 Å². The van der Waals surface area contributed by atoms with Crippen molar-refractivity contribution in [1.82, 2.24) is 5.32 Å². The lowest BCUT2D eigenvalue weighted by molar-refractivity contribution is -0.115. The van der Waals surface area contributed by atoms with E-state index in [4.69, 9.17) is 11.6 Å². The van der Waals surface area contributed by atoms with Crippen molar-refractivity contribution >= 4 is 67.9 Å². The van der Waals surface area contributed by atoms with E-state index in [0.717, 1.165) is 19.2 Å². The predicted molar refractivity (Wildman–Crippen MR) is 101 cm³/mol. The number of benzene rings is 2. The summed E-state index contributed by atoms with van der Waals surface area (Å²) >= 11 is 11.8. The molecule has 0 saturated heterocycles. The summed E-state index contributed by atoms with van der Waals surface area (Å²) in [5.74, 6) is 0.250. The zero-order valence-corrected chi connectivity index (χ0v) is 15.6. The van der Waals surface area contributed by atoms with E-state index in [-0.39, 0.29) is 5.91 Å². The third-order valence-electron chi connectivity index (χ3n) is 3.03. The maximum atomic E-state index is 12.1. The Morgan fingerprint density at radius 1 is 1.23 bits per heavy atom. The van der Waals surface area contributed by atoms with Gasteiger partial charge in [-0.05, 0) is 64.6 Å². The van der Waals surface area contributed by atoms with Crippen LogP contribution in [-0.4, -0.2) is 11.7 Å². The van der Waals surface area contributed by atoms with Crippen molar-refractivity contribution in [1.29, 1.82) is 0 Å². The number of nitrogens with zero attached hydrogens (tertiary/aromatic N) is 1. The van der Waals surface area contributed by atoms with Crippen molar-refractivity contribution in [2.24, 2.45) is 4.99 Å². The minimum atomic E-state index is -0.232. The first kappa shape index (κ1) is 15.7. The predicted octanol–water partition coefficient (Wildman–Crippen LogP) is 4.62. The second-order valence-electron chi connectivity index (χ2n) is 4.62. The zero-order chi connectivity index (χ0) is 15.7. The SMILES string of the molecule is O=C1NC(c2cc(I)ccc2Cl)=N/C1=C/c1cccc(Br)c1. The summed E-state index contributed by atoms with van der Waals surface area (Å²) in [6.45, 7) is 0. The smallest absolute Gasteiger partial charge is 0.275 e. The molecule has 1 aliphatic heterocycles. The first-order chi connectivity index (χ1) is 10.5. The Balaban J connectivity index is 2.00. The van der Waals surface area contributed by atoms with Gasteiger partial charge in [0.05, 0.1) is 5.02 Å². The third-order valence-corrected chi connectivity index (χ3v) is 4.53. The summed E-state index contributed by atoms with van der Waals surface area (Å²) in [4.78, 5) is 16.5. The van der Waals surface area contributed by atoms with E-state index in [2.05, 4.69) is 48.8 Å². The summed E-state index contributed by atoms with van der Waals surface area (Å²) < 4.78 is 1.98. The van der Waals surface area contributed by atoms with Crippen molar-refractivity contribution in [3.63, 3.8) is 0 Å². The van der Waals surface area contributed by atoms with Crippen molar-refractivity contribution < 1.29 is 4.79 Å². The fraction of sp³-hybridized carbons (Fsp3) is 0. The van der Waals surface area contributed by atoms with E-state index in [9.17, 15) is 4.79 Å². The van der Waals surface area contributed by atoms with Crippen LogP contribution in [-0.2, 0) is 4.79 Å². The molecule has 22 heavy (non-hydrogen) atoms. The van der Waals surface area contributed by atoms with E-state index < -0.39 is 0 Å². The highest BCUT2D eigenvalue weighted by Crippen LogP contribution is 2.23. The standard InChI is InChI=1S/C16H9BrClIN2O/c17-10-3-1-2-9(6-10)7-14-16(22)21-15(20-14)12-8-11(19)4-5-13(12)18/h1-8H,(H,20,21,22)/b14-7+. The van der Waals surface area contributed by atoms with Crippen LogP contribution in [0.2, 0.25) is 5.02 Å². The molecule has 0 spiro atoms. The highest BCUT2D eigenvalue weighted by Gasteiger charge is 2.22. The molecule has 0 aromatic heterocycles. The maximum Gasteiger partial charge on any atom is 0.275 e. The average molecular weight is 488 g/mol. The van der Waals surface area contributed by atoms with Crippen LogP contribution in [0.3, 0.4) is 0 Å². The minimum Gasteiger partial charge on any atom is -0.305 e. The monoisotopic (exact) mass is 486 g/mol. The molecule has 6 heteroatoms. The summed E-state index contributed by atoms with van der Waals surface area (Å²) in [6.07, 6.45) is 1.74. The molecule has 0 aliphatic carbocycles. The molecule has 3 nitrogen and oxygen atoms in total. The summed E-state index contributed by atoms with van der Waals surface area (Å²) in [7, 11) is 0. The number of hydrogen-bond acceptors (Lipinski definition) is 2. The molecule has 110 valence electrons. The van der Waals surface area contributed by atoms with Crippen LogP contribution in [0.1, 0.15) is 11.1 Å². The highest BCUT2D eigenvalue weighted by atomic mass is 127. The molecule has 0 atom stereocenters. The van der Waals surface area contributed by atoms with Gasteiger partial charge in [0.15, 0.2) is 0 Å². The first-order valence-electron chi connectivity index (χ1n) is 6.36. The second-order valence-corrected chi connectivity index (χ2v) is 7.19. The molecule has 1 aliphatic rings. The van der Waals surface area contributed by atoms with Gasteiger partial charge in [0.1, 0.15) is 11.5 Å². The maximum absolute atomic E-state index is 12.1. The number of amidine groups is 1. The normalized spacial score (nSPS) is 15.9. The molecule has 2 aromatic rings. The van der Waals surface area contributed by atoms with Crippen molar-refractivity contribution in [2.45, 2.75) is 0 Å². The molecule has 1 N–H and O–H groups in total. The van der Waals surface area contributed by atoms with Crippen molar-refractivity contribution in [3.8, 4) is 0 Å². The fourth-order valence-electron chi connectivity index (χ4n) is 2.03. The van der Waals surface area contributed by atoms with Gasteiger partial charge >= 0.3 is 0 Å². The molecular weight excluding hydrogens is 478 g/mol. The van der Waals surface area contributed by atoms with Gasteiger partial charge in [-0.25, -0.2) is 4.99 Å². The Hall–Kier alpha value is -1.18. The average Bonchev–Trinajstić information content (AvgIpc) is 2.83. The van der Waals surface area contributed by atoms with E-state index >= 15 is 0 Å². The molecule has 0 fully saturated rings. The molecule has 0 radical (unpaired) electrons. The third kappa shape index (κ3) is 3.42. The van der Waals surface area contributed by atoms with Crippen molar-refractivity contribution in [2.75, 3.05) is 0 Å². The van der Waals surface area contributed by atoms with Gasteiger partial charge in [-0.1, -0.05) is 39.7 Å². The van der Waals surface area contributed by atoms with Gasteiger partial charge in [-0.15, -0.1) is 0 Å². The van der Waals surface area contributed by atoms with Crippen LogP contribution in [0.5, 0.6) is 0 Å². The molecule has 0 unspecified atom stereocenters. The number of nitrogens with one attached hydrogen (secondary N) is 1. The van der Waals surface area contributed by atoms with E-state index in [1.54, 1.807) is 12.1 Å². The van der Waals surface area contributed by atoms with Gasteiger partial charge < -0.3 is 5.32 Å². The lowest BCUT2D eigenvalue weighted by Crippen LogP contribution is -2.25. The number of amides is 1. The van der Waals surface area contributed by atoms with Crippen LogP contribution >= 0.6 is 50.1 Å². The molecule has 3 rings (SSSR count). The van der Waals surface area contributed by atoms with Gasteiger partial charge in [-0.3, -0.25) is 4.79 Å². The van der Waals surface area contributed by atoms with Crippen LogP contribution in [0.15, 0.2) is 57.6 Å². The molecule has 1 amide bonds. The molecule has 0 bridgehead atoms. The zero-order valence-electron chi connectivity index (χ0n) is 11.1. The topological polar surface area (TPSA) is 41.5 Å². The van der Waals surface area contributed by atoms with Crippen LogP contribution in [0, 0.1) is 3.57 Å². The molecule has 2 aromatic carbocycles. The second kappa shape index (κ2) is 6.52. The highest BCUT2D eigenvalue weighted by molar-refractivity contribution is 14.1. The van der Waals surface area contributed by atoms with Crippen molar-refractivity contribution in [3.05, 3.63) is 72.4 Å². The fourth-order valence-corrected chi connectivity index (χ4v) is 3.14. The number of hydrogen-bond donors (Lipinski definition) is 1. The Bertz CT molecular complexity index is 833. The number of rotatable bonds is 2. The molecular formula is C16H9BrClIN2O. The molecule has 1 heterocycles. The van der Waals surface area contributed by atoms with Crippen LogP contribution in [0.4, 0.5) is 0 Å². The Labute approximate surface area is 154 Å². The van der Waals surface area contributed by atoms with Crippen LogP contribution in [0.25, 0.3) is 6.08 Å². The first-order valence-corrected chi connectivity index (χ1v) is 8.60. The van der Waals surface area contributed by atoms with Crippen LogP contribution < -0.4 is 5.32 Å². The van der Waals surface area contributed by atoms with E-state index in [1.807, 2.05) is 36.4 Å². The largest absolute Gasteiger partial charge is 0.305 e. The minimum absolute atomic E-state index is 0.232. The summed E-state index contributed by atoms with van der Waals surface area (Å²) in [6, 6.07) is 13.3. The number of halogens is 3. The van der Waals surface area contributed by atoms with E-state index in [1.165, 1.54) is 0 Å². The van der Waals surface area contributed by atoms with E-state index in [0.29, 0.717) is 16.6 Å². The van der Waals surface area contributed by atoms with Gasteiger partial charge in [0, 0.05) is 13.6 Å². The number of carbonyl (C=O) groups excluding carboxylic acids is 1. The Morgan fingerprint density at radius 2 is 2.05 bits per heavy atom. The van der Waals surface area contributed by atoms with Gasteiger partial charge in [0.25, 0.3) is 5.91 Å². The lowest BCUT2D eigenvalue weighted by atomic mass is 10.2. The summed E-state index contributed by atoms with van der Waals surface area (Å²) in [5.41, 5.74) is 1.99. The quantitative estimate of drug-likeness (QED) is 0.487. The number of carbonyl (C=O) groups is 1. The Morgan fingerprint density at radius 3 is 2.82 bits per heavy atom. The summed E-state index contributed by atoms with van der Waals surface area (Å²) in [5, 5.41) is 3.32. The van der Waals surface area contributed by atoms with Gasteiger partial charge in [-0.2, -0.15) is 0 Å². The Kier molecular flexibility index (Phi) is 4.65. The number of aliphatic imine (C=N–C) groups is 1. The molecule has 0 saturated carbocycles.